The maximum absolute atomic E-state index is 13.7. The van der Waals surface area contributed by atoms with Gasteiger partial charge >= 0.3 is 6.03 Å². The maximum Gasteiger partial charge on any atom is 0.323 e. The Morgan fingerprint density at radius 3 is 2.59 bits per heavy atom. The molecule has 0 saturated heterocycles. The molecule has 1 fully saturated rings. The number of alkyl halides is 1. The Kier molecular flexibility index (Phi) is 6.47. The Balaban J connectivity index is 1.67. The molecule has 6 nitrogen and oxygen atoms in total. The van der Waals surface area contributed by atoms with Crippen LogP contribution in [0.25, 0.3) is 0 Å². The van der Waals surface area contributed by atoms with Gasteiger partial charge in [-0.2, -0.15) is 0 Å². The Bertz CT molecular complexity index is 1050. The van der Waals surface area contributed by atoms with Crippen molar-refractivity contribution in [2.24, 2.45) is 0 Å². The summed E-state index contributed by atoms with van der Waals surface area (Å²) in [7, 11) is 1.62. The predicted octanol–water partition coefficient (Wildman–Crippen LogP) is 5.90. The first kappa shape index (κ1) is 22.6. The van der Waals surface area contributed by atoms with Gasteiger partial charge in [-0.1, -0.05) is 47.3 Å². The number of methoxy groups -OCH3 is 1. The standard InChI is InChI=1S/C25H30BrN3O3/c1-16-7-8-19(13-22(16)32-3)27-23(30)25(9-5-4-6-10-25)29-15-20-17(2)11-18(14-26)12-21(20)28-24(29)31/h7-8,11-13H,4-6,9-10,14-15H2,1-3H3,(H,27,30)(H,28,31). The van der Waals surface area contributed by atoms with Gasteiger partial charge in [-0.3, -0.25) is 4.79 Å². The van der Waals surface area contributed by atoms with Gasteiger partial charge in [-0.25, -0.2) is 4.79 Å². The number of rotatable bonds is 5. The lowest BCUT2D eigenvalue weighted by Gasteiger charge is -2.47. The third-order valence-electron chi connectivity index (χ3n) is 6.78. The number of anilines is 2. The molecule has 0 bridgehead atoms. The van der Waals surface area contributed by atoms with Crippen LogP contribution in [0.3, 0.4) is 0 Å². The number of hydrogen-bond donors (Lipinski definition) is 2. The number of aryl methyl sites for hydroxylation is 2. The Morgan fingerprint density at radius 2 is 1.91 bits per heavy atom. The largest absolute Gasteiger partial charge is 0.496 e. The molecule has 0 spiro atoms. The molecular formula is C25H30BrN3O3. The molecule has 2 aliphatic rings. The first-order chi connectivity index (χ1) is 15.4. The van der Waals surface area contributed by atoms with Crippen molar-refractivity contribution in [3.8, 4) is 5.75 Å². The molecule has 0 unspecified atom stereocenters. The number of benzene rings is 2. The van der Waals surface area contributed by atoms with Crippen LogP contribution in [0.2, 0.25) is 0 Å². The van der Waals surface area contributed by atoms with Crippen molar-refractivity contribution in [2.75, 3.05) is 17.7 Å². The maximum atomic E-state index is 13.7. The second-order valence-electron chi connectivity index (χ2n) is 8.82. The highest BCUT2D eigenvalue weighted by Crippen LogP contribution is 2.40. The Morgan fingerprint density at radius 1 is 1.16 bits per heavy atom. The number of nitrogens with zero attached hydrogens (tertiary/aromatic N) is 1. The summed E-state index contributed by atoms with van der Waals surface area (Å²) in [5, 5.41) is 6.87. The van der Waals surface area contributed by atoms with Gasteiger partial charge in [0.2, 0.25) is 5.91 Å². The molecule has 0 atom stereocenters. The van der Waals surface area contributed by atoms with Crippen molar-refractivity contribution >= 4 is 39.2 Å². The van der Waals surface area contributed by atoms with E-state index in [1.807, 2.05) is 31.2 Å². The number of hydrogen-bond acceptors (Lipinski definition) is 3. The number of urea groups is 1. The Labute approximate surface area is 197 Å². The minimum Gasteiger partial charge on any atom is -0.496 e. The van der Waals surface area contributed by atoms with Crippen LogP contribution in [0.15, 0.2) is 30.3 Å². The average Bonchev–Trinajstić information content (AvgIpc) is 2.80. The van der Waals surface area contributed by atoms with Gasteiger partial charge in [0.1, 0.15) is 11.3 Å². The van der Waals surface area contributed by atoms with Crippen molar-refractivity contribution in [1.82, 2.24) is 4.90 Å². The monoisotopic (exact) mass is 499 g/mol. The zero-order chi connectivity index (χ0) is 22.9. The van der Waals surface area contributed by atoms with E-state index in [9.17, 15) is 9.59 Å². The van der Waals surface area contributed by atoms with E-state index in [-0.39, 0.29) is 11.9 Å². The fraction of sp³-hybridized carbons (Fsp3) is 0.440. The van der Waals surface area contributed by atoms with Crippen molar-refractivity contribution in [1.29, 1.82) is 0 Å². The number of amides is 3. The molecule has 0 aromatic heterocycles. The van der Waals surface area contributed by atoms with E-state index < -0.39 is 5.54 Å². The molecule has 2 aromatic rings. The number of halogens is 1. The highest BCUT2D eigenvalue weighted by molar-refractivity contribution is 9.08. The zero-order valence-electron chi connectivity index (χ0n) is 18.9. The molecule has 2 aromatic carbocycles. The summed E-state index contributed by atoms with van der Waals surface area (Å²) >= 11 is 3.50. The topological polar surface area (TPSA) is 70.7 Å². The molecule has 0 radical (unpaired) electrons. The first-order valence-electron chi connectivity index (χ1n) is 11.1. The van der Waals surface area contributed by atoms with Crippen molar-refractivity contribution in [3.05, 3.63) is 52.6 Å². The van der Waals surface area contributed by atoms with Crippen LogP contribution < -0.4 is 15.4 Å². The van der Waals surface area contributed by atoms with E-state index >= 15 is 0 Å². The van der Waals surface area contributed by atoms with E-state index in [0.29, 0.717) is 25.1 Å². The molecular weight excluding hydrogens is 470 g/mol. The predicted molar refractivity (Wildman–Crippen MR) is 131 cm³/mol. The normalized spacial score (nSPS) is 17.4. The second-order valence-corrected chi connectivity index (χ2v) is 9.38. The van der Waals surface area contributed by atoms with Crippen LogP contribution in [0, 0.1) is 13.8 Å². The molecule has 7 heteroatoms. The van der Waals surface area contributed by atoms with Crippen LogP contribution in [-0.4, -0.2) is 29.5 Å². The van der Waals surface area contributed by atoms with Crippen LogP contribution in [0.5, 0.6) is 5.75 Å². The van der Waals surface area contributed by atoms with Gasteiger partial charge in [0, 0.05) is 22.8 Å². The lowest BCUT2D eigenvalue weighted by molar-refractivity contribution is -0.128. The Hall–Kier alpha value is -2.54. The van der Waals surface area contributed by atoms with Crippen molar-refractivity contribution in [3.63, 3.8) is 0 Å². The summed E-state index contributed by atoms with van der Waals surface area (Å²) in [4.78, 5) is 28.8. The lowest BCUT2D eigenvalue weighted by atomic mass is 9.78. The summed E-state index contributed by atoms with van der Waals surface area (Å²) in [6.45, 7) is 4.46. The molecule has 170 valence electrons. The third-order valence-corrected chi connectivity index (χ3v) is 7.42. The number of carbonyl (C=O) groups excluding carboxylic acids is 2. The summed E-state index contributed by atoms with van der Waals surface area (Å²) in [5.74, 6) is 0.597. The average molecular weight is 500 g/mol. The fourth-order valence-corrected chi connectivity index (χ4v) is 5.27. The van der Waals surface area contributed by atoms with Gasteiger partial charge in [-0.15, -0.1) is 0 Å². The van der Waals surface area contributed by atoms with Gasteiger partial charge in [0.15, 0.2) is 0 Å². The highest BCUT2D eigenvalue weighted by atomic mass is 79.9. The molecule has 1 aliphatic carbocycles. The molecule has 1 saturated carbocycles. The minimum atomic E-state index is -0.876. The van der Waals surface area contributed by atoms with Crippen LogP contribution in [0.1, 0.15) is 54.4 Å². The van der Waals surface area contributed by atoms with Crippen molar-refractivity contribution in [2.45, 2.75) is 63.4 Å². The smallest absolute Gasteiger partial charge is 0.323 e. The van der Waals surface area contributed by atoms with E-state index in [1.54, 1.807) is 12.0 Å². The zero-order valence-corrected chi connectivity index (χ0v) is 20.5. The molecule has 3 amide bonds. The van der Waals surface area contributed by atoms with Gasteiger partial charge < -0.3 is 20.3 Å². The molecule has 2 N–H and O–H groups in total. The van der Waals surface area contributed by atoms with E-state index in [0.717, 1.165) is 58.3 Å². The number of ether oxygens (including phenoxy) is 1. The fourth-order valence-electron chi connectivity index (χ4n) is 4.95. The third kappa shape index (κ3) is 4.10. The molecule has 32 heavy (non-hydrogen) atoms. The lowest BCUT2D eigenvalue weighted by Crippen LogP contribution is -2.61. The molecule has 1 heterocycles. The van der Waals surface area contributed by atoms with Gasteiger partial charge in [0.25, 0.3) is 0 Å². The van der Waals surface area contributed by atoms with Crippen LogP contribution in [0.4, 0.5) is 16.2 Å². The first-order valence-corrected chi connectivity index (χ1v) is 12.2. The summed E-state index contributed by atoms with van der Waals surface area (Å²) in [6.07, 6.45) is 4.23. The number of nitrogens with one attached hydrogen (secondary N) is 2. The van der Waals surface area contributed by atoms with Crippen molar-refractivity contribution < 1.29 is 14.3 Å². The van der Waals surface area contributed by atoms with Gasteiger partial charge in [0.05, 0.1) is 13.7 Å². The minimum absolute atomic E-state index is 0.128. The molecule has 4 rings (SSSR count). The van der Waals surface area contributed by atoms with E-state index in [4.69, 9.17) is 4.74 Å². The summed E-state index contributed by atoms with van der Waals surface area (Å²) < 4.78 is 5.41. The SMILES string of the molecule is COc1cc(NC(=O)C2(N3Cc4c(C)cc(CBr)cc4NC3=O)CCCCC2)ccc1C. The summed E-state index contributed by atoms with van der Waals surface area (Å²) in [6, 6.07) is 9.58. The molecule has 1 aliphatic heterocycles. The van der Waals surface area contributed by atoms with E-state index in [2.05, 4.69) is 39.6 Å². The van der Waals surface area contributed by atoms with E-state index in [1.165, 1.54) is 0 Å². The quantitative estimate of drug-likeness (QED) is 0.503. The summed E-state index contributed by atoms with van der Waals surface area (Å²) in [5.41, 5.74) is 4.96. The number of carbonyl (C=O) groups is 2. The second kappa shape index (κ2) is 9.14. The van der Waals surface area contributed by atoms with Gasteiger partial charge in [-0.05, 0) is 61.1 Å². The highest BCUT2D eigenvalue weighted by Gasteiger charge is 2.48. The number of fused-ring (bicyclic) bond motifs is 1. The van der Waals surface area contributed by atoms with Crippen LogP contribution >= 0.6 is 15.9 Å². The van der Waals surface area contributed by atoms with Crippen LogP contribution in [-0.2, 0) is 16.7 Å².